The minimum Gasteiger partial charge on any atom is -0.383 e. The molecule has 2 aromatic carbocycles. The Kier molecular flexibility index (Phi) is 5.03. The van der Waals surface area contributed by atoms with Gasteiger partial charge < -0.3 is 10.1 Å². The summed E-state index contributed by atoms with van der Waals surface area (Å²) >= 11 is 0. The van der Waals surface area contributed by atoms with Crippen molar-refractivity contribution in [3.63, 3.8) is 0 Å². The third kappa shape index (κ3) is 3.74. The van der Waals surface area contributed by atoms with Crippen LogP contribution in [0.5, 0.6) is 0 Å². The van der Waals surface area contributed by atoms with E-state index >= 15 is 0 Å². The van der Waals surface area contributed by atoms with Gasteiger partial charge >= 0.3 is 0 Å². The maximum absolute atomic E-state index is 5.52. The number of rotatable bonds is 7. The number of ether oxygens (including phenoxy) is 1. The van der Waals surface area contributed by atoms with Gasteiger partial charge in [0.15, 0.2) is 0 Å². The zero-order chi connectivity index (χ0) is 12.6. The zero-order valence-electron chi connectivity index (χ0n) is 11.0. The Morgan fingerprint density at radius 1 is 1.00 bits per heavy atom. The minimum atomic E-state index is 0.771. The van der Waals surface area contributed by atoms with Crippen LogP contribution in [0.4, 0.5) is 5.69 Å². The third-order valence-corrected chi connectivity index (χ3v) is 2.97. The van der Waals surface area contributed by atoms with E-state index in [1.54, 1.807) is 0 Å². The van der Waals surface area contributed by atoms with Crippen LogP contribution in [0, 0.1) is 0 Å². The second-order valence-corrected chi connectivity index (χ2v) is 4.45. The molecule has 0 aromatic heterocycles. The Bertz CT molecular complexity index is 481. The molecule has 0 aliphatic carbocycles. The fraction of sp³-hybridized carbons (Fsp3) is 0.375. The van der Waals surface area contributed by atoms with Crippen molar-refractivity contribution in [2.75, 3.05) is 25.1 Å². The Hall–Kier alpha value is -1.54. The Morgan fingerprint density at radius 2 is 1.83 bits per heavy atom. The molecule has 2 aromatic rings. The summed E-state index contributed by atoms with van der Waals surface area (Å²) in [5.41, 5.74) is 1.16. The minimum absolute atomic E-state index is 0.771. The monoisotopic (exact) mass is 243 g/mol. The summed E-state index contributed by atoms with van der Waals surface area (Å²) in [5, 5.41) is 5.94. The van der Waals surface area contributed by atoms with E-state index < -0.39 is 0 Å². The lowest BCUT2D eigenvalue weighted by Gasteiger charge is -2.08. The van der Waals surface area contributed by atoms with E-state index in [0.717, 1.165) is 31.9 Å². The third-order valence-electron chi connectivity index (χ3n) is 2.97. The molecule has 2 heteroatoms. The molecule has 0 atom stereocenters. The van der Waals surface area contributed by atoms with Crippen LogP contribution in [0.25, 0.3) is 10.8 Å². The van der Waals surface area contributed by atoms with Crippen molar-refractivity contribution in [3.05, 3.63) is 42.5 Å². The van der Waals surface area contributed by atoms with E-state index in [0.29, 0.717) is 0 Å². The summed E-state index contributed by atoms with van der Waals surface area (Å²) < 4.78 is 5.52. The standard InChI is InChI=1S/C16H21NO/c1-2-3-11-18-12-10-17-16-9-8-14-6-4-5-7-15(14)13-16/h4-9,13,17H,2-3,10-12H2,1H3. The Morgan fingerprint density at radius 3 is 2.67 bits per heavy atom. The Balaban J connectivity index is 1.81. The van der Waals surface area contributed by atoms with Crippen LogP contribution in [0.2, 0.25) is 0 Å². The number of anilines is 1. The van der Waals surface area contributed by atoms with Gasteiger partial charge in [-0.3, -0.25) is 0 Å². The van der Waals surface area contributed by atoms with Crippen molar-refractivity contribution >= 4 is 16.5 Å². The predicted molar refractivity (Wildman–Crippen MR) is 78.2 cm³/mol. The van der Waals surface area contributed by atoms with Crippen LogP contribution < -0.4 is 5.32 Å². The summed E-state index contributed by atoms with van der Waals surface area (Å²) in [5.74, 6) is 0. The predicted octanol–water partition coefficient (Wildman–Crippen LogP) is 4.07. The van der Waals surface area contributed by atoms with Crippen molar-refractivity contribution < 1.29 is 4.74 Å². The highest BCUT2D eigenvalue weighted by Crippen LogP contribution is 2.18. The fourth-order valence-corrected chi connectivity index (χ4v) is 1.92. The van der Waals surface area contributed by atoms with Crippen LogP contribution in [-0.2, 0) is 4.74 Å². The average molecular weight is 243 g/mol. The molecule has 0 saturated carbocycles. The molecule has 0 amide bonds. The normalized spacial score (nSPS) is 10.7. The zero-order valence-corrected chi connectivity index (χ0v) is 11.0. The Labute approximate surface area is 109 Å². The second-order valence-electron chi connectivity index (χ2n) is 4.45. The molecular weight excluding hydrogens is 222 g/mol. The molecule has 1 N–H and O–H groups in total. The smallest absolute Gasteiger partial charge is 0.0639 e. The van der Waals surface area contributed by atoms with Gasteiger partial charge in [-0.05, 0) is 29.3 Å². The first kappa shape index (κ1) is 12.9. The number of fused-ring (bicyclic) bond motifs is 1. The first-order valence-corrected chi connectivity index (χ1v) is 6.70. The highest BCUT2D eigenvalue weighted by molar-refractivity contribution is 5.85. The van der Waals surface area contributed by atoms with Gasteiger partial charge in [0.1, 0.15) is 0 Å². The molecule has 0 heterocycles. The largest absolute Gasteiger partial charge is 0.383 e. The van der Waals surface area contributed by atoms with Crippen LogP contribution in [-0.4, -0.2) is 19.8 Å². The molecule has 0 radical (unpaired) electrons. The molecule has 0 saturated heterocycles. The second kappa shape index (κ2) is 7.02. The van der Waals surface area contributed by atoms with Gasteiger partial charge in [-0.1, -0.05) is 43.7 Å². The first-order chi connectivity index (χ1) is 8.90. The van der Waals surface area contributed by atoms with Gasteiger partial charge in [0.05, 0.1) is 6.61 Å². The highest BCUT2D eigenvalue weighted by Gasteiger charge is 1.95. The summed E-state index contributed by atoms with van der Waals surface area (Å²) in [4.78, 5) is 0. The van der Waals surface area contributed by atoms with E-state index in [9.17, 15) is 0 Å². The van der Waals surface area contributed by atoms with Gasteiger partial charge in [0.2, 0.25) is 0 Å². The van der Waals surface area contributed by atoms with Crippen molar-refractivity contribution in [1.29, 1.82) is 0 Å². The van der Waals surface area contributed by atoms with Gasteiger partial charge in [-0.25, -0.2) is 0 Å². The molecule has 0 spiro atoms. The number of hydrogen-bond donors (Lipinski definition) is 1. The van der Waals surface area contributed by atoms with Gasteiger partial charge in [-0.2, -0.15) is 0 Å². The SMILES string of the molecule is CCCCOCCNc1ccc2ccccc2c1. The molecular formula is C16H21NO. The fourth-order valence-electron chi connectivity index (χ4n) is 1.92. The summed E-state index contributed by atoms with van der Waals surface area (Å²) in [6.07, 6.45) is 2.34. The van der Waals surface area contributed by atoms with Crippen LogP contribution in [0.3, 0.4) is 0 Å². The van der Waals surface area contributed by atoms with Crippen LogP contribution >= 0.6 is 0 Å². The maximum atomic E-state index is 5.52. The number of hydrogen-bond acceptors (Lipinski definition) is 2. The summed E-state index contributed by atoms with van der Waals surface area (Å²) in [6.45, 7) is 4.68. The molecule has 96 valence electrons. The summed E-state index contributed by atoms with van der Waals surface area (Å²) in [6, 6.07) is 14.9. The quantitative estimate of drug-likeness (QED) is 0.740. The highest BCUT2D eigenvalue weighted by atomic mass is 16.5. The van der Waals surface area contributed by atoms with E-state index in [2.05, 4.69) is 54.7 Å². The van der Waals surface area contributed by atoms with E-state index in [1.165, 1.54) is 17.2 Å². The van der Waals surface area contributed by atoms with Gasteiger partial charge in [-0.15, -0.1) is 0 Å². The van der Waals surface area contributed by atoms with Gasteiger partial charge in [0, 0.05) is 18.8 Å². The van der Waals surface area contributed by atoms with Crippen molar-refractivity contribution in [3.8, 4) is 0 Å². The van der Waals surface area contributed by atoms with Crippen LogP contribution in [0.1, 0.15) is 19.8 Å². The first-order valence-electron chi connectivity index (χ1n) is 6.70. The molecule has 0 aliphatic heterocycles. The van der Waals surface area contributed by atoms with E-state index in [-0.39, 0.29) is 0 Å². The van der Waals surface area contributed by atoms with Crippen molar-refractivity contribution in [2.24, 2.45) is 0 Å². The number of benzene rings is 2. The topological polar surface area (TPSA) is 21.3 Å². The van der Waals surface area contributed by atoms with Crippen molar-refractivity contribution in [2.45, 2.75) is 19.8 Å². The lowest BCUT2D eigenvalue weighted by atomic mass is 10.1. The number of nitrogens with one attached hydrogen (secondary N) is 1. The van der Waals surface area contributed by atoms with Gasteiger partial charge in [0.25, 0.3) is 0 Å². The molecule has 18 heavy (non-hydrogen) atoms. The molecule has 2 rings (SSSR count). The maximum Gasteiger partial charge on any atom is 0.0639 e. The molecule has 0 unspecified atom stereocenters. The van der Waals surface area contributed by atoms with Crippen molar-refractivity contribution in [1.82, 2.24) is 0 Å². The van der Waals surface area contributed by atoms with E-state index in [1.807, 2.05) is 0 Å². The average Bonchev–Trinajstić information content (AvgIpc) is 2.42. The van der Waals surface area contributed by atoms with E-state index in [4.69, 9.17) is 4.74 Å². The number of unbranched alkanes of at least 4 members (excludes halogenated alkanes) is 1. The van der Waals surface area contributed by atoms with Crippen LogP contribution in [0.15, 0.2) is 42.5 Å². The summed E-state index contributed by atoms with van der Waals surface area (Å²) in [7, 11) is 0. The molecule has 2 nitrogen and oxygen atoms in total. The lowest BCUT2D eigenvalue weighted by Crippen LogP contribution is -2.09. The molecule has 0 fully saturated rings. The lowest BCUT2D eigenvalue weighted by molar-refractivity contribution is 0.141. The molecule has 0 bridgehead atoms. The molecule has 0 aliphatic rings.